The molecule has 0 aliphatic carbocycles. The van der Waals surface area contributed by atoms with E-state index < -0.39 is 0 Å². The normalized spacial score (nSPS) is 11.1. The highest BCUT2D eigenvalue weighted by Crippen LogP contribution is 2.25. The lowest BCUT2D eigenvalue weighted by Gasteiger charge is -1.99. The van der Waals surface area contributed by atoms with Gasteiger partial charge in [-0.2, -0.15) is 5.10 Å². The van der Waals surface area contributed by atoms with Crippen molar-refractivity contribution in [2.75, 3.05) is 5.73 Å². The monoisotopic (exact) mass is 214 g/mol. The Morgan fingerprint density at radius 1 is 1.38 bits per heavy atom. The molecule has 3 N–H and O–H groups in total. The quantitative estimate of drug-likeness (QED) is 0.631. The van der Waals surface area contributed by atoms with Gasteiger partial charge in [-0.3, -0.25) is 10.1 Å². The molecule has 0 radical (unpaired) electrons. The summed E-state index contributed by atoms with van der Waals surface area (Å²) in [6.07, 6.45) is 5.14. The Morgan fingerprint density at radius 3 is 2.94 bits per heavy atom. The number of hydrogen-bond donors (Lipinski definition) is 2. The van der Waals surface area contributed by atoms with Crippen LogP contribution in [0, 0.1) is 0 Å². The summed E-state index contributed by atoms with van der Waals surface area (Å²) in [5, 5.41) is 6.59. The van der Waals surface area contributed by atoms with Crippen LogP contribution in [-0.4, -0.2) is 24.7 Å². The molecule has 0 amide bonds. The van der Waals surface area contributed by atoms with Crippen LogP contribution in [0.4, 0.5) is 5.82 Å². The third-order valence-electron chi connectivity index (χ3n) is 2.59. The molecule has 0 aromatic carbocycles. The van der Waals surface area contributed by atoms with Crippen molar-refractivity contribution < 1.29 is 0 Å². The lowest BCUT2D eigenvalue weighted by molar-refractivity contribution is 0.959. The molecular formula is C10H10N6. The third kappa shape index (κ3) is 1.10. The maximum Gasteiger partial charge on any atom is 0.146 e. The number of nitrogen functional groups attached to an aromatic ring is 1. The molecule has 6 nitrogen and oxygen atoms in total. The number of nitrogens with two attached hydrogens (primary N) is 1. The fraction of sp³-hybridized carbons (Fsp3) is 0.100. The molecule has 0 aliphatic rings. The first-order valence-corrected chi connectivity index (χ1v) is 4.83. The van der Waals surface area contributed by atoms with Crippen molar-refractivity contribution in [1.29, 1.82) is 0 Å². The number of aromatic nitrogens is 5. The van der Waals surface area contributed by atoms with Gasteiger partial charge >= 0.3 is 0 Å². The van der Waals surface area contributed by atoms with Crippen molar-refractivity contribution in [3.05, 3.63) is 24.7 Å². The molecule has 16 heavy (non-hydrogen) atoms. The minimum absolute atomic E-state index is 0.520. The number of aryl methyl sites for hydroxylation is 1. The van der Waals surface area contributed by atoms with Crippen LogP contribution in [0.3, 0.4) is 0 Å². The van der Waals surface area contributed by atoms with E-state index in [1.165, 1.54) is 0 Å². The number of imidazole rings is 1. The number of aromatic amines is 1. The predicted octanol–water partition coefficient (Wildman–Crippen LogP) is 0.941. The Labute approximate surface area is 91.1 Å². The minimum atomic E-state index is 0.520. The van der Waals surface area contributed by atoms with Crippen LogP contribution in [0.25, 0.3) is 22.4 Å². The van der Waals surface area contributed by atoms with Crippen LogP contribution in [0.2, 0.25) is 0 Å². The van der Waals surface area contributed by atoms with Gasteiger partial charge in [0.15, 0.2) is 0 Å². The lowest BCUT2D eigenvalue weighted by Crippen LogP contribution is -1.94. The van der Waals surface area contributed by atoms with Gasteiger partial charge in [-0.1, -0.05) is 0 Å². The topological polar surface area (TPSA) is 85.4 Å². The number of rotatable bonds is 1. The SMILES string of the molecule is Cn1c(-c2cn[nH]c2N)nc2cnccc21. The summed E-state index contributed by atoms with van der Waals surface area (Å²) in [6, 6.07) is 1.92. The summed E-state index contributed by atoms with van der Waals surface area (Å²) < 4.78 is 1.97. The zero-order valence-corrected chi connectivity index (χ0v) is 8.68. The first-order valence-electron chi connectivity index (χ1n) is 4.83. The van der Waals surface area contributed by atoms with E-state index >= 15 is 0 Å². The zero-order chi connectivity index (χ0) is 11.1. The van der Waals surface area contributed by atoms with Crippen LogP contribution in [0.15, 0.2) is 24.7 Å². The van der Waals surface area contributed by atoms with Gasteiger partial charge in [0.25, 0.3) is 0 Å². The Bertz CT molecular complexity index is 650. The van der Waals surface area contributed by atoms with Crippen molar-refractivity contribution in [2.45, 2.75) is 0 Å². The van der Waals surface area contributed by atoms with Crippen molar-refractivity contribution in [3.8, 4) is 11.4 Å². The second-order valence-electron chi connectivity index (χ2n) is 3.56. The Hall–Kier alpha value is -2.37. The molecule has 0 aliphatic heterocycles. The number of pyridine rings is 1. The molecule has 0 saturated heterocycles. The molecule has 3 rings (SSSR count). The van der Waals surface area contributed by atoms with Crippen molar-refractivity contribution in [1.82, 2.24) is 24.7 Å². The fourth-order valence-corrected chi connectivity index (χ4v) is 1.77. The largest absolute Gasteiger partial charge is 0.383 e. The van der Waals surface area contributed by atoms with Crippen LogP contribution in [-0.2, 0) is 7.05 Å². The van der Waals surface area contributed by atoms with Gasteiger partial charge in [-0.15, -0.1) is 0 Å². The Morgan fingerprint density at radius 2 is 2.25 bits per heavy atom. The molecule has 0 unspecified atom stereocenters. The lowest BCUT2D eigenvalue weighted by atomic mass is 10.3. The Balaban J connectivity index is 2.33. The van der Waals surface area contributed by atoms with Gasteiger partial charge in [0.05, 0.1) is 23.5 Å². The van der Waals surface area contributed by atoms with E-state index in [0.717, 1.165) is 22.4 Å². The van der Waals surface area contributed by atoms with Crippen molar-refractivity contribution >= 4 is 16.9 Å². The molecule has 0 atom stereocenters. The molecule has 0 fully saturated rings. The van der Waals surface area contributed by atoms with Gasteiger partial charge in [0.1, 0.15) is 17.2 Å². The summed E-state index contributed by atoms with van der Waals surface area (Å²) in [5.41, 5.74) is 8.45. The molecule has 0 spiro atoms. The van der Waals surface area contributed by atoms with Gasteiger partial charge < -0.3 is 10.3 Å². The van der Waals surface area contributed by atoms with Crippen LogP contribution in [0.1, 0.15) is 0 Å². The fourth-order valence-electron chi connectivity index (χ4n) is 1.77. The number of hydrogen-bond acceptors (Lipinski definition) is 4. The van der Waals surface area contributed by atoms with Crippen molar-refractivity contribution in [3.63, 3.8) is 0 Å². The summed E-state index contributed by atoms with van der Waals surface area (Å²) in [4.78, 5) is 8.52. The zero-order valence-electron chi connectivity index (χ0n) is 8.68. The minimum Gasteiger partial charge on any atom is -0.383 e. The number of H-pyrrole nitrogens is 1. The number of nitrogens with zero attached hydrogens (tertiary/aromatic N) is 4. The average molecular weight is 214 g/mol. The Kier molecular flexibility index (Phi) is 1.70. The first-order chi connectivity index (χ1) is 7.77. The second kappa shape index (κ2) is 3.06. The maximum absolute atomic E-state index is 5.78. The van der Waals surface area contributed by atoms with Crippen LogP contribution < -0.4 is 5.73 Å². The highest BCUT2D eigenvalue weighted by atomic mass is 15.2. The molecule has 6 heteroatoms. The summed E-state index contributed by atoms with van der Waals surface area (Å²) in [6.45, 7) is 0. The van der Waals surface area contributed by atoms with Gasteiger partial charge in [-0.25, -0.2) is 4.98 Å². The van der Waals surface area contributed by atoms with E-state index in [-0.39, 0.29) is 0 Å². The van der Waals surface area contributed by atoms with Crippen LogP contribution in [0.5, 0.6) is 0 Å². The number of anilines is 1. The molecular weight excluding hydrogens is 204 g/mol. The molecule has 3 aromatic rings. The number of fused-ring (bicyclic) bond motifs is 1. The maximum atomic E-state index is 5.78. The molecule has 0 bridgehead atoms. The first kappa shape index (κ1) is 8.90. The van der Waals surface area contributed by atoms with Crippen LogP contribution >= 0.6 is 0 Å². The van der Waals surface area contributed by atoms with E-state index in [0.29, 0.717) is 5.82 Å². The molecule has 80 valence electrons. The highest BCUT2D eigenvalue weighted by Gasteiger charge is 2.13. The third-order valence-corrected chi connectivity index (χ3v) is 2.59. The van der Waals surface area contributed by atoms with E-state index in [1.807, 2.05) is 17.7 Å². The highest BCUT2D eigenvalue weighted by molar-refractivity contribution is 5.81. The molecule has 3 heterocycles. The summed E-state index contributed by atoms with van der Waals surface area (Å²) in [5.74, 6) is 1.31. The van der Waals surface area contributed by atoms with Gasteiger partial charge in [-0.05, 0) is 6.07 Å². The van der Waals surface area contributed by atoms with Gasteiger partial charge in [0.2, 0.25) is 0 Å². The summed E-state index contributed by atoms with van der Waals surface area (Å²) >= 11 is 0. The average Bonchev–Trinajstić information content (AvgIpc) is 2.84. The van der Waals surface area contributed by atoms with E-state index in [9.17, 15) is 0 Å². The standard InChI is InChI=1S/C10H10N6/c1-16-8-2-3-12-5-7(8)14-10(16)6-4-13-15-9(6)11/h2-5H,1H3,(H3,11,13,15). The van der Waals surface area contributed by atoms with E-state index in [1.54, 1.807) is 18.6 Å². The predicted molar refractivity (Wildman–Crippen MR) is 60.5 cm³/mol. The van der Waals surface area contributed by atoms with E-state index in [4.69, 9.17) is 5.73 Å². The second-order valence-corrected chi connectivity index (χ2v) is 3.56. The van der Waals surface area contributed by atoms with Gasteiger partial charge in [0, 0.05) is 13.2 Å². The molecule has 0 saturated carbocycles. The molecule has 3 aromatic heterocycles. The van der Waals surface area contributed by atoms with Crippen molar-refractivity contribution in [2.24, 2.45) is 7.05 Å². The summed E-state index contributed by atoms with van der Waals surface area (Å²) in [7, 11) is 1.94. The van der Waals surface area contributed by atoms with E-state index in [2.05, 4.69) is 20.2 Å². The smallest absolute Gasteiger partial charge is 0.146 e. The number of nitrogens with one attached hydrogen (secondary N) is 1.